The van der Waals surface area contributed by atoms with Gasteiger partial charge in [-0.05, 0) is 18.1 Å². The highest BCUT2D eigenvalue weighted by atomic mass is 14.7. The topological polar surface area (TPSA) is 38.9 Å². The van der Waals surface area contributed by atoms with E-state index in [4.69, 9.17) is 5.73 Å². The van der Waals surface area contributed by atoms with E-state index in [0.29, 0.717) is 6.54 Å². The molecule has 0 aromatic carbocycles. The van der Waals surface area contributed by atoms with E-state index in [1.165, 1.54) is 5.56 Å². The van der Waals surface area contributed by atoms with Gasteiger partial charge < -0.3 is 5.73 Å². The van der Waals surface area contributed by atoms with Crippen LogP contribution in [0.5, 0.6) is 0 Å². The molecule has 1 aromatic heterocycles. The lowest BCUT2D eigenvalue weighted by atomic mass is 10.2. The predicted molar refractivity (Wildman–Crippen MR) is 48.2 cm³/mol. The normalized spacial score (nSPS) is 8.91. The van der Waals surface area contributed by atoms with Crippen LogP contribution in [-0.4, -0.2) is 4.98 Å². The molecule has 1 rings (SSSR count). The van der Waals surface area contributed by atoms with Crippen LogP contribution in [0.15, 0.2) is 18.3 Å². The molecule has 11 heavy (non-hydrogen) atoms. The second-order valence-electron chi connectivity index (χ2n) is 2.22. The highest BCUT2D eigenvalue weighted by molar-refractivity contribution is 5.13. The minimum absolute atomic E-state index is 0. The number of pyridine rings is 1. The fourth-order valence-corrected chi connectivity index (χ4v) is 0.785. The standard InChI is InChI=1S/C8H12N2.CH4/c1-2-7-3-4-8(5-9)10-6-7;/h3-4,6H,2,5,9H2,1H3;1H4. The van der Waals surface area contributed by atoms with Crippen molar-refractivity contribution in [2.75, 3.05) is 0 Å². The van der Waals surface area contributed by atoms with Crippen molar-refractivity contribution in [3.05, 3.63) is 29.6 Å². The molecule has 0 fully saturated rings. The summed E-state index contributed by atoms with van der Waals surface area (Å²) in [5.41, 5.74) is 7.60. The number of nitrogens with zero attached hydrogens (tertiary/aromatic N) is 1. The van der Waals surface area contributed by atoms with Gasteiger partial charge in [0.15, 0.2) is 0 Å². The van der Waals surface area contributed by atoms with E-state index in [2.05, 4.69) is 18.0 Å². The second-order valence-corrected chi connectivity index (χ2v) is 2.22. The van der Waals surface area contributed by atoms with Gasteiger partial charge in [0, 0.05) is 12.7 Å². The summed E-state index contributed by atoms with van der Waals surface area (Å²) in [4.78, 5) is 4.14. The molecule has 62 valence electrons. The van der Waals surface area contributed by atoms with E-state index in [9.17, 15) is 0 Å². The minimum atomic E-state index is 0. The molecule has 0 saturated carbocycles. The van der Waals surface area contributed by atoms with E-state index in [-0.39, 0.29) is 7.43 Å². The summed E-state index contributed by atoms with van der Waals surface area (Å²) in [5.74, 6) is 0. The van der Waals surface area contributed by atoms with Gasteiger partial charge in [0.1, 0.15) is 0 Å². The fourth-order valence-electron chi connectivity index (χ4n) is 0.785. The average Bonchev–Trinajstić information content (AvgIpc) is 2.05. The molecule has 0 aliphatic carbocycles. The van der Waals surface area contributed by atoms with Crippen LogP contribution in [0.4, 0.5) is 0 Å². The first-order valence-corrected chi connectivity index (χ1v) is 3.50. The van der Waals surface area contributed by atoms with Gasteiger partial charge in [-0.1, -0.05) is 20.4 Å². The maximum atomic E-state index is 5.38. The zero-order chi connectivity index (χ0) is 7.40. The Labute approximate surface area is 68.5 Å². The van der Waals surface area contributed by atoms with E-state index in [0.717, 1.165) is 12.1 Å². The maximum absolute atomic E-state index is 5.38. The van der Waals surface area contributed by atoms with Crippen LogP contribution >= 0.6 is 0 Å². The van der Waals surface area contributed by atoms with Crippen LogP contribution in [0, 0.1) is 0 Å². The summed E-state index contributed by atoms with van der Waals surface area (Å²) in [6, 6.07) is 4.04. The van der Waals surface area contributed by atoms with Crippen molar-refractivity contribution in [3.63, 3.8) is 0 Å². The van der Waals surface area contributed by atoms with Gasteiger partial charge in [-0.15, -0.1) is 0 Å². The van der Waals surface area contributed by atoms with E-state index in [1.54, 1.807) is 0 Å². The molecule has 0 atom stereocenters. The van der Waals surface area contributed by atoms with Crippen molar-refractivity contribution in [1.29, 1.82) is 0 Å². The Hall–Kier alpha value is -0.890. The van der Waals surface area contributed by atoms with Crippen LogP contribution in [0.2, 0.25) is 0 Å². The number of aromatic nitrogens is 1. The van der Waals surface area contributed by atoms with Crippen molar-refractivity contribution in [2.45, 2.75) is 27.3 Å². The van der Waals surface area contributed by atoms with Crippen molar-refractivity contribution >= 4 is 0 Å². The van der Waals surface area contributed by atoms with Gasteiger partial charge in [-0.25, -0.2) is 0 Å². The number of hydrogen-bond donors (Lipinski definition) is 1. The molecule has 0 saturated heterocycles. The Kier molecular flexibility index (Phi) is 4.46. The van der Waals surface area contributed by atoms with E-state index in [1.807, 2.05) is 12.3 Å². The number of nitrogens with two attached hydrogens (primary N) is 1. The Morgan fingerprint density at radius 1 is 1.45 bits per heavy atom. The number of rotatable bonds is 2. The molecule has 2 nitrogen and oxygen atoms in total. The highest BCUT2D eigenvalue weighted by Crippen LogP contribution is 1.99. The van der Waals surface area contributed by atoms with E-state index < -0.39 is 0 Å². The Balaban J connectivity index is 0.000001000. The molecule has 0 spiro atoms. The number of aryl methyl sites for hydroxylation is 1. The van der Waals surface area contributed by atoms with Gasteiger partial charge in [0.05, 0.1) is 5.69 Å². The largest absolute Gasteiger partial charge is 0.325 e. The smallest absolute Gasteiger partial charge is 0.0539 e. The first-order valence-electron chi connectivity index (χ1n) is 3.50. The van der Waals surface area contributed by atoms with Gasteiger partial charge in [-0.2, -0.15) is 0 Å². The minimum Gasteiger partial charge on any atom is -0.325 e. The van der Waals surface area contributed by atoms with Crippen LogP contribution in [-0.2, 0) is 13.0 Å². The summed E-state index contributed by atoms with van der Waals surface area (Å²) in [6.07, 6.45) is 2.92. The molecule has 0 amide bonds. The lowest BCUT2D eigenvalue weighted by Crippen LogP contribution is -1.98. The lowest BCUT2D eigenvalue weighted by molar-refractivity contribution is 0.971. The summed E-state index contributed by atoms with van der Waals surface area (Å²) in [6.45, 7) is 2.64. The predicted octanol–water partition coefficient (Wildman–Crippen LogP) is 1.74. The lowest BCUT2D eigenvalue weighted by Gasteiger charge is -1.96. The monoisotopic (exact) mass is 152 g/mol. The van der Waals surface area contributed by atoms with Crippen LogP contribution in [0.3, 0.4) is 0 Å². The third kappa shape index (κ3) is 2.68. The molecule has 1 heterocycles. The summed E-state index contributed by atoms with van der Waals surface area (Å²) in [5, 5.41) is 0. The first kappa shape index (κ1) is 10.1. The average molecular weight is 152 g/mol. The first-order chi connectivity index (χ1) is 4.86. The zero-order valence-corrected chi connectivity index (χ0v) is 6.17. The summed E-state index contributed by atoms with van der Waals surface area (Å²) in [7, 11) is 0. The quantitative estimate of drug-likeness (QED) is 0.701. The van der Waals surface area contributed by atoms with Crippen molar-refractivity contribution < 1.29 is 0 Å². The van der Waals surface area contributed by atoms with Gasteiger partial charge in [-0.3, -0.25) is 4.98 Å². The van der Waals surface area contributed by atoms with E-state index >= 15 is 0 Å². The Morgan fingerprint density at radius 2 is 2.18 bits per heavy atom. The van der Waals surface area contributed by atoms with Crippen LogP contribution in [0.25, 0.3) is 0 Å². The summed E-state index contributed by atoms with van der Waals surface area (Å²) >= 11 is 0. The molecule has 2 N–H and O–H groups in total. The van der Waals surface area contributed by atoms with Crippen LogP contribution in [0.1, 0.15) is 25.6 Å². The molecule has 0 bridgehead atoms. The summed E-state index contributed by atoms with van der Waals surface area (Å²) < 4.78 is 0. The molecule has 0 radical (unpaired) electrons. The van der Waals surface area contributed by atoms with Crippen molar-refractivity contribution in [1.82, 2.24) is 4.98 Å². The molecule has 0 unspecified atom stereocenters. The molecule has 0 aliphatic rings. The molecule has 2 heteroatoms. The zero-order valence-electron chi connectivity index (χ0n) is 6.17. The fraction of sp³-hybridized carbons (Fsp3) is 0.444. The van der Waals surface area contributed by atoms with Gasteiger partial charge >= 0.3 is 0 Å². The van der Waals surface area contributed by atoms with Crippen molar-refractivity contribution in [3.8, 4) is 0 Å². The Morgan fingerprint density at radius 3 is 2.55 bits per heavy atom. The molecular formula is C9H16N2. The molecule has 1 aromatic rings. The SMILES string of the molecule is C.CCc1ccc(CN)nc1. The van der Waals surface area contributed by atoms with Crippen LogP contribution < -0.4 is 5.73 Å². The van der Waals surface area contributed by atoms with Gasteiger partial charge in [0.2, 0.25) is 0 Å². The third-order valence-corrected chi connectivity index (χ3v) is 1.50. The third-order valence-electron chi connectivity index (χ3n) is 1.50. The van der Waals surface area contributed by atoms with Crippen molar-refractivity contribution in [2.24, 2.45) is 5.73 Å². The highest BCUT2D eigenvalue weighted by Gasteiger charge is 1.89. The second kappa shape index (κ2) is 4.85. The number of hydrogen-bond acceptors (Lipinski definition) is 2. The molecular weight excluding hydrogens is 136 g/mol. The Bertz CT molecular complexity index is 168. The van der Waals surface area contributed by atoms with Gasteiger partial charge in [0.25, 0.3) is 0 Å². The molecule has 0 aliphatic heterocycles. The maximum Gasteiger partial charge on any atom is 0.0539 e.